The SMILES string of the molecule is CN=C(N)NC1CCCC(O)C1. The van der Waals surface area contributed by atoms with Crippen LogP contribution in [0.4, 0.5) is 0 Å². The van der Waals surface area contributed by atoms with Crippen molar-refractivity contribution in [1.82, 2.24) is 5.32 Å². The molecule has 0 aromatic rings. The average Bonchev–Trinajstić information content (AvgIpc) is 2.04. The third-order valence-corrected chi connectivity index (χ3v) is 2.24. The zero-order valence-electron chi connectivity index (χ0n) is 7.45. The van der Waals surface area contributed by atoms with E-state index in [0.29, 0.717) is 12.0 Å². The summed E-state index contributed by atoms with van der Waals surface area (Å²) in [7, 11) is 1.65. The van der Waals surface area contributed by atoms with E-state index in [9.17, 15) is 5.11 Å². The second-order valence-electron chi connectivity index (χ2n) is 3.27. The second kappa shape index (κ2) is 4.30. The monoisotopic (exact) mass is 171 g/mol. The Labute approximate surface area is 72.9 Å². The highest BCUT2D eigenvalue weighted by Gasteiger charge is 2.19. The van der Waals surface area contributed by atoms with Gasteiger partial charge in [0.1, 0.15) is 0 Å². The lowest BCUT2D eigenvalue weighted by molar-refractivity contribution is 0.116. The topological polar surface area (TPSA) is 70.6 Å². The van der Waals surface area contributed by atoms with Gasteiger partial charge in [-0.1, -0.05) is 0 Å². The molecule has 1 fully saturated rings. The first kappa shape index (κ1) is 9.32. The van der Waals surface area contributed by atoms with Gasteiger partial charge in [0.2, 0.25) is 0 Å². The molecule has 0 aliphatic heterocycles. The van der Waals surface area contributed by atoms with Crippen LogP contribution in [0.5, 0.6) is 0 Å². The van der Waals surface area contributed by atoms with Crippen LogP contribution in [-0.2, 0) is 0 Å². The molecular weight excluding hydrogens is 154 g/mol. The molecule has 0 aromatic heterocycles. The van der Waals surface area contributed by atoms with Crippen LogP contribution in [0.2, 0.25) is 0 Å². The third-order valence-electron chi connectivity index (χ3n) is 2.24. The third kappa shape index (κ3) is 2.70. The van der Waals surface area contributed by atoms with Gasteiger partial charge < -0.3 is 16.2 Å². The fourth-order valence-corrected chi connectivity index (χ4v) is 1.57. The molecule has 4 heteroatoms. The Kier molecular flexibility index (Phi) is 3.34. The van der Waals surface area contributed by atoms with Crippen molar-refractivity contribution >= 4 is 5.96 Å². The molecule has 1 rings (SSSR count). The van der Waals surface area contributed by atoms with Crippen molar-refractivity contribution in [3.05, 3.63) is 0 Å². The van der Waals surface area contributed by atoms with Crippen molar-refractivity contribution < 1.29 is 5.11 Å². The molecule has 1 aliphatic carbocycles. The molecule has 0 amide bonds. The summed E-state index contributed by atoms with van der Waals surface area (Å²) in [5.74, 6) is 0.467. The van der Waals surface area contributed by atoms with Crippen molar-refractivity contribution in [3.63, 3.8) is 0 Å². The summed E-state index contributed by atoms with van der Waals surface area (Å²) in [6, 6.07) is 0.303. The van der Waals surface area contributed by atoms with Crippen LogP contribution in [0.25, 0.3) is 0 Å². The summed E-state index contributed by atoms with van der Waals surface area (Å²) < 4.78 is 0. The van der Waals surface area contributed by atoms with Crippen LogP contribution in [-0.4, -0.2) is 30.3 Å². The number of nitrogens with one attached hydrogen (secondary N) is 1. The van der Waals surface area contributed by atoms with E-state index in [-0.39, 0.29) is 6.10 Å². The molecule has 4 nitrogen and oxygen atoms in total. The molecule has 0 aromatic carbocycles. The molecule has 2 unspecified atom stereocenters. The maximum absolute atomic E-state index is 9.34. The molecular formula is C8H17N3O. The summed E-state index contributed by atoms with van der Waals surface area (Å²) in [5, 5.41) is 12.4. The van der Waals surface area contributed by atoms with Gasteiger partial charge in [0, 0.05) is 13.1 Å². The van der Waals surface area contributed by atoms with Crippen molar-refractivity contribution in [2.45, 2.75) is 37.8 Å². The maximum atomic E-state index is 9.34. The number of nitrogens with two attached hydrogens (primary N) is 1. The molecule has 4 N–H and O–H groups in total. The van der Waals surface area contributed by atoms with E-state index in [1.807, 2.05) is 0 Å². The Bertz CT molecular complexity index is 170. The van der Waals surface area contributed by atoms with Crippen LogP contribution in [0, 0.1) is 0 Å². The number of aliphatic imine (C=N–C) groups is 1. The normalized spacial score (nSPS) is 31.7. The van der Waals surface area contributed by atoms with E-state index in [2.05, 4.69) is 10.3 Å². The summed E-state index contributed by atoms with van der Waals surface area (Å²) in [5.41, 5.74) is 5.51. The lowest BCUT2D eigenvalue weighted by Gasteiger charge is -2.26. The number of guanidine groups is 1. The molecule has 0 saturated heterocycles. The minimum absolute atomic E-state index is 0.166. The fraction of sp³-hybridized carbons (Fsp3) is 0.875. The molecule has 2 atom stereocenters. The average molecular weight is 171 g/mol. The van der Waals surface area contributed by atoms with E-state index in [0.717, 1.165) is 25.7 Å². The Morgan fingerprint density at radius 1 is 1.58 bits per heavy atom. The summed E-state index contributed by atoms with van der Waals surface area (Å²) in [4.78, 5) is 3.81. The molecule has 0 heterocycles. The van der Waals surface area contributed by atoms with Gasteiger partial charge in [-0.25, -0.2) is 0 Å². The van der Waals surface area contributed by atoms with Crippen LogP contribution >= 0.6 is 0 Å². The number of rotatable bonds is 1. The first-order valence-electron chi connectivity index (χ1n) is 4.39. The van der Waals surface area contributed by atoms with Gasteiger partial charge in [0.25, 0.3) is 0 Å². The highest BCUT2D eigenvalue weighted by atomic mass is 16.3. The van der Waals surface area contributed by atoms with Gasteiger partial charge in [-0.15, -0.1) is 0 Å². The van der Waals surface area contributed by atoms with Crippen LogP contribution < -0.4 is 11.1 Å². The number of hydrogen-bond acceptors (Lipinski definition) is 2. The van der Waals surface area contributed by atoms with Crippen molar-refractivity contribution in [3.8, 4) is 0 Å². The maximum Gasteiger partial charge on any atom is 0.188 e. The number of aliphatic hydroxyl groups excluding tert-OH is 1. The van der Waals surface area contributed by atoms with Gasteiger partial charge in [-0.3, -0.25) is 4.99 Å². The smallest absolute Gasteiger partial charge is 0.188 e. The lowest BCUT2D eigenvalue weighted by atomic mass is 9.93. The van der Waals surface area contributed by atoms with Crippen molar-refractivity contribution in [2.75, 3.05) is 7.05 Å². The zero-order valence-corrected chi connectivity index (χ0v) is 7.45. The van der Waals surface area contributed by atoms with Crippen LogP contribution in [0.3, 0.4) is 0 Å². The Balaban J connectivity index is 2.32. The second-order valence-corrected chi connectivity index (χ2v) is 3.27. The first-order valence-corrected chi connectivity index (χ1v) is 4.39. The minimum atomic E-state index is -0.166. The van der Waals surface area contributed by atoms with Crippen molar-refractivity contribution in [2.24, 2.45) is 10.7 Å². The van der Waals surface area contributed by atoms with Gasteiger partial charge in [0.05, 0.1) is 6.10 Å². The molecule has 12 heavy (non-hydrogen) atoms. The highest BCUT2D eigenvalue weighted by Crippen LogP contribution is 2.17. The Morgan fingerprint density at radius 2 is 2.33 bits per heavy atom. The van der Waals surface area contributed by atoms with Crippen molar-refractivity contribution in [1.29, 1.82) is 0 Å². The summed E-state index contributed by atoms with van der Waals surface area (Å²) >= 11 is 0. The molecule has 70 valence electrons. The van der Waals surface area contributed by atoms with Crippen LogP contribution in [0.15, 0.2) is 4.99 Å². The molecule has 0 radical (unpaired) electrons. The Morgan fingerprint density at radius 3 is 2.92 bits per heavy atom. The van der Waals surface area contributed by atoms with Gasteiger partial charge >= 0.3 is 0 Å². The molecule has 0 bridgehead atoms. The fourth-order valence-electron chi connectivity index (χ4n) is 1.57. The predicted octanol–water partition coefficient (Wildman–Crippen LogP) is -0.176. The zero-order chi connectivity index (χ0) is 8.97. The van der Waals surface area contributed by atoms with Gasteiger partial charge in [-0.05, 0) is 25.7 Å². The first-order chi connectivity index (χ1) is 5.72. The standard InChI is InChI=1S/C8H17N3O/c1-10-8(9)11-6-3-2-4-7(12)5-6/h6-7,12H,2-5H2,1H3,(H3,9,10,11). The summed E-state index contributed by atoms with van der Waals surface area (Å²) in [6.07, 6.45) is 3.68. The quantitative estimate of drug-likeness (QED) is 0.379. The molecule has 0 spiro atoms. The van der Waals surface area contributed by atoms with Crippen LogP contribution in [0.1, 0.15) is 25.7 Å². The predicted molar refractivity (Wildman–Crippen MR) is 48.9 cm³/mol. The lowest BCUT2D eigenvalue weighted by Crippen LogP contribution is -2.43. The largest absolute Gasteiger partial charge is 0.393 e. The van der Waals surface area contributed by atoms with Gasteiger partial charge in [0.15, 0.2) is 5.96 Å². The van der Waals surface area contributed by atoms with Gasteiger partial charge in [-0.2, -0.15) is 0 Å². The number of nitrogens with zero attached hydrogens (tertiary/aromatic N) is 1. The Hall–Kier alpha value is -0.770. The highest BCUT2D eigenvalue weighted by molar-refractivity contribution is 5.77. The molecule has 1 saturated carbocycles. The van der Waals surface area contributed by atoms with E-state index >= 15 is 0 Å². The number of hydrogen-bond donors (Lipinski definition) is 3. The summed E-state index contributed by atoms with van der Waals surface area (Å²) in [6.45, 7) is 0. The van der Waals surface area contributed by atoms with E-state index < -0.39 is 0 Å². The van der Waals surface area contributed by atoms with E-state index in [1.54, 1.807) is 7.05 Å². The van der Waals surface area contributed by atoms with E-state index in [1.165, 1.54) is 0 Å². The minimum Gasteiger partial charge on any atom is -0.393 e. The number of aliphatic hydroxyl groups is 1. The van der Waals surface area contributed by atoms with E-state index in [4.69, 9.17) is 5.73 Å². The molecule has 1 aliphatic rings.